The number of carbonyl (C=O) groups excluding carboxylic acids is 1. The van der Waals surface area contributed by atoms with E-state index in [0.717, 1.165) is 16.6 Å². The molecule has 0 saturated heterocycles. The van der Waals surface area contributed by atoms with Crippen molar-refractivity contribution in [3.8, 4) is 5.69 Å². The highest BCUT2D eigenvalue weighted by Crippen LogP contribution is 2.32. The molecule has 0 fully saturated rings. The average Bonchev–Trinajstić information content (AvgIpc) is 2.87. The Morgan fingerprint density at radius 2 is 1.78 bits per heavy atom. The van der Waals surface area contributed by atoms with E-state index in [1.54, 1.807) is 37.3 Å². The van der Waals surface area contributed by atoms with Gasteiger partial charge in [0.15, 0.2) is 0 Å². The Morgan fingerprint density at radius 1 is 1.03 bits per heavy atom. The number of H-pyrrole nitrogens is 1. The Balaban J connectivity index is 1.67. The van der Waals surface area contributed by atoms with Crippen molar-refractivity contribution in [1.82, 2.24) is 9.55 Å². The van der Waals surface area contributed by atoms with Gasteiger partial charge in [0.25, 0.3) is 15.6 Å². The fraction of sp³-hybridized carbons (Fsp3) is 0.192. The summed E-state index contributed by atoms with van der Waals surface area (Å²) in [6, 6.07) is 17.9. The number of nitrogens with two attached hydrogens (primary N) is 1. The molecule has 3 aromatic carbocycles. The molecule has 1 atom stereocenters. The highest BCUT2D eigenvalue weighted by molar-refractivity contribution is 7.92. The summed E-state index contributed by atoms with van der Waals surface area (Å²) in [4.78, 5) is 41.0. The molecular formula is C26H24N4O5S. The number of hydrogen-bond donors (Lipinski definition) is 2. The molecule has 2 heterocycles. The largest absolute Gasteiger partial charge is 0.369 e. The maximum absolute atomic E-state index is 13.6. The number of para-hydroxylation sites is 1. The predicted molar refractivity (Wildman–Crippen MR) is 137 cm³/mol. The van der Waals surface area contributed by atoms with Gasteiger partial charge in [-0.25, -0.2) is 17.8 Å². The van der Waals surface area contributed by atoms with Crippen LogP contribution >= 0.6 is 0 Å². The summed E-state index contributed by atoms with van der Waals surface area (Å²) in [5, 5.41) is 0.140. The molecule has 36 heavy (non-hydrogen) atoms. The van der Waals surface area contributed by atoms with Crippen molar-refractivity contribution in [3.63, 3.8) is 0 Å². The molecule has 3 N–H and O–H groups in total. The van der Waals surface area contributed by atoms with Crippen LogP contribution in [-0.4, -0.2) is 30.4 Å². The number of rotatable bonds is 5. The summed E-state index contributed by atoms with van der Waals surface area (Å²) in [6.45, 7) is 1.91. The molecule has 1 aliphatic rings. The summed E-state index contributed by atoms with van der Waals surface area (Å²) in [5.41, 5.74) is 6.38. The number of benzene rings is 3. The summed E-state index contributed by atoms with van der Waals surface area (Å²) in [7, 11) is -3.96. The molecule has 0 saturated carbocycles. The third-order valence-electron chi connectivity index (χ3n) is 6.58. The molecule has 9 nitrogen and oxygen atoms in total. The van der Waals surface area contributed by atoms with E-state index >= 15 is 0 Å². The number of nitrogens with zero attached hydrogens (tertiary/aromatic N) is 2. The van der Waals surface area contributed by atoms with Gasteiger partial charge in [0.2, 0.25) is 5.91 Å². The Kier molecular flexibility index (Phi) is 5.76. The number of nitrogens with one attached hydrogen (secondary N) is 1. The second kappa shape index (κ2) is 8.80. The number of aromatic nitrogens is 2. The number of hydrogen-bond acceptors (Lipinski definition) is 5. The number of primary amides is 1. The molecular weight excluding hydrogens is 480 g/mol. The molecule has 1 amide bonds. The van der Waals surface area contributed by atoms with Gasteiger partial charge in [-0.2, -0.15) is 0 Å². The number of sulfonamides is 1. The quantitative estimate of drug-likeness (QED) is 0.430. The fourth-order valence-corrected chi connectivity index (χ4v) is 6.28. The lowest BCUT2D eigenvalue weighted by Gasteiger charge is -2.30. The van der Waals surface area contributed by atoms with Gasteiger partial charge in [-0.3, -0.25) is 13.9 Å². The highest BCUT2D eigenvalue weighted by Gasteiger charge is 2.29. The number of anilines is 1. The van der Waals surface area contributed by atoms with E-state index in [-0.39, 0.29) is 21.5 Å². The molecule has 4 aromatic rings. The van der Waals surface area contributed by atoms with Crippen LogP contribution in [0, 0.1) is 0 Å². The number of amides is 1. The van der Waals surface area contributed by atoms with Crippen molar-refractivity contribution >= 4 is 32.5 Å². The molecule has 184 valence electrons. The standard InChI is InChI=1S/C26H24N4O5S/c1-16(24(27)31)20-11-5-12-21-23(20)25(32)30(26(33)28-21)18-9-4-10-19(15-18)36(34,35)29-14-6-8-17-7-2-3-13-22(17)29/h2-5,7,9-13,15-16H,6,8,14H2,1H3,(H2,27,31)(H,28,33). The van der Waals surface area contributed by atoms with Crippen LogP contribution in [0.3, 0.4) is 0 Å². The predicted octanol–water partition coefficient (Wildman–Crippen LogP) is 2.41. The Labute approximate surface area is 206 Å². The van der Waals surface area contributed by atoms with Crippen molar-refractivity contribution in [2.45, 2.75) is 30.6 Å². The van der Waals surface area contributed by atoms with Crippen LogP contribution < -0.4 is 21.3 Å². The van der Waals surface area contributed by atoms with E-state index in [2.05, 4.69) is 4.98 Å². The van der Waals surface area contributed by atoms with E-state index in [9.17, 15) is 22.8 Å². The second-order valence-corrected chi connectivity index (χ2v) is 10.6. The topological polar surface area (TPSA) is 135 Å². The van der Waals surface area contributed by atoms with Gasteiger partial charge in [0.05, 0.1) is 33.1 Å². The zero-order valence-electron chi connectivity index (χ0n) is 19.5. The van der Waals surface area contributed by atoms with Crippen LogP contribution in [0.2, 0.25) is 0 Å². The van der Waals surface area contributed by atoms with Crippen molar-refractivity contribution in [2.75, 3.05) is 10.8 Å². The second-order valence-electron chi connectivity index (χ2n) is 8.77. The molecule has 0 aliphatic carbocycles. The van der Waals surface area contributed by atoms with Crippen molar-refractivity contribution in [3.05, 3.63) is 98.7 Å². The minimum Gasteiger partial charge on any atom is -0.369 e. The lowest BCUT2D eigenvalue weighted by molar-refractivity contribution is -0.119. The molecule has 1 aliphatic heterocycles. The van der Waals surface area contributed by atoms with Crippen molar-refractivity contribution < 1.29 is 13.2 Å². The van der Waals surface area contributed by atoms with Gasteiger partial charge in [-0.1, -0.05) is 36.4 Å². The Morgan fingerprint density at radius 3 is 2.56 bits per heavy atom. The zero-order valence-corrected chi connectivity index (χ0v) is 20.3. The van der Waals surface area contributed by atoms with Gasteiger partial charge >= 0.3 is 5.69 Å². The summed E-state index contributed by atoms with van der Waals surface area (Å²) in [5.74, 6) is -1.39. The maximum Gasteiger partial charge on any atom is 0.333 e. The first-order valence-corrected chi connectivity index (χ1v) is 12.9. The van der Waals surface area contributed by atoms with Crippen LogP contribution in [0.1, 0.15) is 30.4 Å². The van der Waals surface area contributed by atoms with Gasteiger partial charge < -0.3 is 10.7 Å². The first kappa shape index (κ1) is 23.6. The first-order chi connectivity index (χ1) is 17.2. The summed E-state index contributed by atoms with van der Waals surface area (Å²) >= 11 is 0. The minimum atomic E-state index is -3.96. The molecule has 0 bridgehead atoms. The molecule has 0 spiro atoms. The van der Waals surface area contributed by atoms with Gasteiger partial charge in [0, 0.05) is 6.54 Å². The smallest absolute Gasteiger partial charge is 0.333 e. The van der Waals surface area contributed by atoms with Crippen LogP contribution in [-0.2, 0) is 21.2 Å². The van der Waals surface area contributed by atoms with Crippen LogP contribution in [0.15, 0.2) is 81.2 Å². The van der Waals surface area contributed by atoms with Crippen LogP contribution in [0.5, 0.6) is 0 Å². The SMILES string of the molecule is CC(C(N)=O)c1cccc2[nH]c(=O)n(-c3cccc(S(=O)(=O)N4CCCc5ccccc54)c3)c(=O)c12. The normalized spacial score (nSPS) is 14.4. The summed E-state index contributed by atoms with van der Waals surface area (Å²) < 4.78 is 29.5. The van der Waals surface area contributed by atoms with Crippen LogP contribution in [0.4, 0.5) is 5.69 Å². The van der Waals surface area contributed by atoms with Crippen molar-refractivity contribution in [1.29, 1.82) is 0 Å². The van der Waals surface area contributed by atoms with E-state index in [4.69, 9.17) is 5.73 Å². The third-order valence-corrected chi connectivity index (χ3v) is 8.39. The maximum atomic E-state index is 13.6. The third kappa shape index (κ3) is 3.79. The fourth-order valence-electron chi connectivity index (χ4n) is 4.70. The number of fused-ring (bicyclic) bond motifs is 2. The van der Waals surface area contributed by atoms with E-state index in [1.165, 1.54) is 28.6 Å². The highest BCUT2D eigenvalue weighted by atomic mass is 32.2. The van der Waals surface area contributed by atoms with Crippen molar-refractivity contribution in [2.24, 2.45) is 5.73 Å². The monoisotopic (exact) mass is 504 g/mol. The Bertz CT molecular complexity index is 1740. The van der Waals surface area contributed by atoms with E-state index < -0.39 is 33.1 Å². The number of aromatic amines is 1. The van der Waals surface area contributed by atoms with Crippen LogP contribution in [0.25, 0.3) is 16.6 Å². The molecule has 5 rings (SSSR count). The zero-order chi connectivity index (χ0) is 25.6. The lowest BCUT2D eigenvalue weighted by atomic mass is 9.96. The molecule has 10 heteroatoms. The summed E-state index contributed by atoms with van der Waals surface area (Å²) in [6.07, 6.45) is 1.47. The molecule has 0 radical (unpaired) electrons. The van der Waals surface area contributed by atoms with E-state index in [1.807, 2.05) is 12.1 Å². The van der Waals surface area contributed by atoms with Gasteiger partial charge in [-0.05, 0) is 61.2 Å². The Hall–Kier alpha value is -4.18. The number of aryl methyl sites for hydroxylation is 1. The van der Waals surface area contributed by atoms with E-state index in [0.29, 0.717) is 24.2 Å². The van der Waals surface area contributed by atoms with Gasteiger partial charge in [0.1, 0.15) is 0 Å². The lowest BCUT2D eigenvalue weighted by Crippen LogP contribution is -2.36. The first-order valence-electron chi connectivity index (χ1n) is 11.5. The average molecular weight is 505 g/mol. The molecule has 1 aromatic heterocycles. The minimum absolute atomic E-state index is 0.0399. The molecule has 1 unspecified atom stereocenters. The number of carbonyl (C=O) groups is 1. The van der Waals surface area contributed by atoms with Gasteiger partial charge in [-0.15, -0.1) is 0 Å².